The molecule has 1 aliphatic rings. The van der Waals surface area contributed by atoms with Crippen LogP contribution in [-0.4, -0.2) is 4.98 Å². The minimum Gasteiger partial charge on any atom is -0.456 e. The maximum atomic E-state index is 5.70. The molecule has 0 aromatic carbocycles. The summed E-state index contributed by atoms with van der Waals surface area (Å²) in [7, 11) is 0. The van der Waals surface area contributed by atoms with Crippen LogP contribution >= 0.6 is 0 Å². The highest BCUT2D eigenvalue weighted by Crippen LogP contribution is 2.05. The first kappa shape index (κ1) is 7.56. The van der Waals surface area contributed by atoms with Gasteiger partial charge in [-0.15, -0.1) is 0 Å². The van der Waals surface area contributed by atoms with Gasteiger partial charge in [-0.2, -0.15) is 0 Å². The van der Waals surface area contributed by atoms with Crippen molar-refractivity contribution in [2.45, 2.75) is 6.42 Å². The van der Waals surface area contributed by atoms with E-state index in [1.54, 1.807) is 6.20 Å². The number of pyridine rings is 1. The largest absolute Gasteiger partial charge is 0.456 e. The van der Waals surface area contributed by atoms with Crippen molar-refractivity contribution in [2.75, 3.05) is 0 Å². The Morgan fingerprint density at radius 3 is 3.36 bits per heavy atom. The van der Waals surface area contributed by atoms with Gasteiger partial charge in [0.15, 0.2) is 0 Å². The molecular formula is C12H9NO. The van der Waals surface area contributed by atoms with Crippen LogP contribution in [0, 0.1) is 0 Å². The van der Waals surface area contributed by atoms with Gasteiger partial charge in [-0.25, -0.2) is 0 Å². The van der Waals surface area contributed by atoms with Crippen LogP contribution in [0.1, 0.15) is 6.42 Å². The van der Waals surface area contributed by atoms with Gasteiger partial charge in [-0.05, 0) is 18.6 Å². The van der Waals surface area contributed by atoms with Crippen LogP contribution in [0.15, 0.2) is 35.0 Å². The quantitative estimate of drug-likeness (QED) is 0.616. The first-order chi connectivity index (χ1) is 6.95. The minimum atomic E-state index is 0.910. The van der Waals surface area contributed by atoms with Gasteiger partial charge in [0.05, 0.1) is 0 Å². The van der Waals surface area contributed by atoms with Crippen molar-refractivity contribution in [1.29, 1.82) is 0 Å². The van der Waals surface area contributed by atoms with E-state index in [1.807, 2.05) is 12.3 Å². The van der Waals surface area contributed by atoms with Gasteiger partial charge in [0.2, 0.25) is 0 Å². The van der Waals surface area contributed by atoms with Crippen LogP contribution in [0.5, 0.6) is 0 Å². The van der Waals surface area contributed by atoms with Gasteiger partial charge in [0, 0.05) is 23.0 Å². The highest BCUT2D eigenvalue weighted by atomic mass is 16.3. The average molecular weight is 183 g/mol. The van der Waals surface area contributed by atoms with Gasteiger partial charge in [0.25, 0.3) is 0 Å². The summed E-state index contributed by atoms with van der Waals surface area (Å²) in [5, 5.41) is 2.23. The zero-order chi connectivity index (χ0) is 9.38. The van der Waals surface area contributed by atoms with E-state index in [2.05, 4.69) is 29.3 Å². The molecule has 2 aromatic rings. The Hall–Kier alpha value is -1.83. The van der Waals surface area contributed by atoms with E-state index in [0.29, 0.717) is 0 Å². The number of rotatable bonds is 0. The molecule has 0 radical (unpaired) electrons. The molecule has 0 bridgehead atoms. The average Bonchev–Trinajstić information content (AvgIpc) is 2.42. The normalized spacial score (nSPS) is 14.3. The van der Waals surface area contributed by atoms with E-state index in [-0.39, 0.29) is 0 Å². The molecule has 2 nitrogen and oxygen atoms in total. The van der Waals surface area contributed by atoms with Crippen LogP contribution in [0.2, 0.25) is 0 Å². The molecule has 0 N–H and O–H groups in total. The maximum Gasteiger partial charge on any atom is 0.138 e. The second-order valence-corrected chi connectivity index (χ2v) is 3.29. The van der Waals surface area contributed by atoms with Crippen molar-refractivity contribution >= 4 is 23.1 Å². The molecule has 2 heteroatoms. The summed E-state index contributed by atoms with van der Waals surface area (Å²) in [6.07, 6.45) is 12.9. The monoisotopic (exact) mass is 183 g/mol. The Balaban J connectivity index is 2.59. The van der Waals surface area contributed by atoms with Crippen LogP contribution in [0.4, 0.5) is 0 Å². The fourth-order valence-electron chi connectivity index (χ4n) is 1.72. The van der Waals surface area contributed by atoms with E-state index in [4.69, 9.17) is 4.42 Å². The van der Waals surface area contributed by atoms with Crippen LogP contribution < -0.4 is 10.6 Å². The molecule has 2 heterocycles. The lowest BCUT2D eigenvalue weighted by Crippen LogP contribution is -2.18. The summed E-state index contributed by atoms with van der Waals surface area (Å²) in [6.45, 7) is 0. The summed E-state index contributed by atoms with van der Waals surface area (Å²) < 4.78 is 5.70. The SMILES string of the molecule is C1=CCC=c2oc3ccncc3c2=C1. The summed E-state index contributed by atoms with van der Waals surface area (Å²) in [5.74, 6) is 0. The first-order valence-corrected chi connectivity index (χ1v) is 4.65. The van der Waals surface area contributed by atoms with Crippen molar-refractivity contribution in [3.8, 4) is 0 Å². The molecule has 1 aliphatic carbocycles. The Labute approximate surface area is 80.9 Å². The lowest BCUT2D eigenvalue weighted by atomic mass is 10.2. The molecular weight excluding hydrogens is 174 g/mol. The van der Waals surface area contributed by atoms with Crippen molar-refractivity contribution in [3.63, 3.8) is 0 Å². The third-order valence-corrected chi connectivity index (χ3v) is 2.39. The van der Waals surface area contributed by atoms with Crippen molar-refractivity contribution in [3.05, 3.63) is 41.2 Å². The van der Waals surface area contributed by atoms with Gasteiger partial charge in [0.1, 0.15) is 11.0 Å². The topological polar surface area (TPSA) is 26.0 Å². The van der Waals surface area contributed by atoms with E-state index in [1.165, 1.54) is 0 Å². The lowest BCUT2D eigenvalue weighted by molar-refractivity contribution is 0.574. The Bertz CT molecular complexity index is 619. The predicted molar refractivity (Wildman–Crippen MR) is 55.9 cm³/mol. The number of hydrogen-bond donors (Lipinski definition) is 0. The van der Waals surface area contributed by atoms with Gasteiger partial charge in [-0.1, -0.05) is 18.2 Å². The summed E-state index contributed by atoms with van der Waals surface area (Å²) >= 11 is 0. The summed E-state index contributed by atoms with van der Waals surface area (Å²) in [6, 6.07) is 1.90. The summed E-state index contributed by atoms with van der Waals surface area (Å²) in [5.41, 5.74) is 1.87. The zero-order valence-electron chi connectivity index (χ0n) is 7.60. The number of fused-ring (bicyclic) bond motifs is 3. The molecule has 3 rings (SSSR count). The number of aromatic nitrogens is 1. The molecule has 0 unspecified atom stereocenters. The molecule has 0 aliphatic heterocycles. The molecule has 0 amide bonds. The Kier molecular flexibility index (Phi) is 1.53. The summed E-state index contributed by atoms with van der Waals surface area (Å²) in [4.78, 5) is 4.11. The third kappa shape index (κ3) is 1.01. The Morgan fingerprint density at radius 2 is 2.36 bits per heavy atom. The number of allylic oxidation sites excluding steroid dienone is 2. The van der Waals surface area contributed by atoms with E-state index >= 15 is 0 Å². The van der Waals surface area contributed by atoms with Crippen molar-refractivity contribution < 1.29 is 4.42 Å². The van der Waals surface area contributed by atoms with E-state index in [9.17, 15) is 0 Å². The Morgan fingerprint density at radius 1 is 1.36 bits per heavy atom. The third-order valence-electron chi connectivity index (χ3n) is 2.39. The van der Waals surface area contributed by atoms with Crippen LogP contribution in [-0.2, 0) is 0 Å². The molecule has 0 saturated carbocycles. The van der Waals surface area contributed by atoms with Crippen LogP contribution in [0.3, 0.4) is 0 Å². The van der Waals surface area contributed by atoms with E-state index in [0.717, 1.165) is 28.0 Å². The van der Waals surface area contributed by atoms with Gasteiger partial charge in [-0.3, -0.25) is 4.98 Å². The smallest absolute Gasteiger partial charge is 0.138 e. The molecule has 0 spiro atoms. The second-order valence-electron chi connectivity index (χ2n) is 3.29. The molecule has 0 atom stereocenters. The van der Waals surface area contributed by atoms with Crippen molar-refractivity contribution in [2.24, 2.45) is 0 Å². The molecule has 0 fully saturated rings. The molecule has 2 aromatic heterocycles. The lowest BCUT2D eigenvalue weighted by Gasteiger charge is -1.83. The molecule has 0 saturated heterocycles. The number of furan rings is 1. The first-order valence-electron chi connectivity index (χ1n) is 4.65. The standard InChI is InChI=1S/C12H9NO/c1-2-4-9-10-8-13-7-6-12(10)14-11(9)5-3-1/h1-2,4-8H,3H2. The maximum absolute atomic E-state index is 5.70. The fourth-order valence-corrected chi connectivity index (χ4v) is 1.72. The highest BCUT2D eigenvalue weighted by Gasteiger charge is 2.01. The zero-order valence-corrected chi connectivity index (χ0v) is 7.60. The van der Waals surface area contributed by atoms with Gasteiger partial charge < -0.3 is 4.42 Å². The highest BCUT2D eigenvalue weighted by molar-refractivity contribution is 5.78. The van der Waals surface area contributed by atoms with Crippen molar-refractivity contribution in [1.82, 2.24) is 4.98 Å². The molecule has 14 heavy (non-hydrogen) atoms. The molecule has 68 valence electrons. The fraction of sp³-hybridized carbons (Fsp3) is 0.0833. The number of hydrogen-bond acceptors (Lipinski definition) is 2. The minimum absolute atomic E-state index is 0.910. The van der Waals surface area contributed by atoms with Gasteiger partial charge >= 0.3 is 0 Å². The second kappa shape index (κ2) is 2.84. The van der Waals surface area contributed by atoms with E-state index < -0.39 is 0 Å². The number of nitrogens with zero attached hydrogens (tertiary/aromatic N) is 1. The van der Waals surface area contributed by atoms with Crippen LogP contribution in [0.25, 0.3) is 23.1 Å². The predicted octanol–water partition coefficient (Wildman–Crippen LogP) is 1.35.